The highest BCUT2D eigenvalue weighted by atomic mass is 35.5. The first-order chi connectivity index (χ1) is 12.4. The highest BCUT2D eigenvalue weighted by Gasteiger charge is 2.27. The highest BCUT2D eigenvalue weighted by Crippen LogP contribution is 2.23. The lowest BCUT2D eigenvalue weighted by Gasteiger charge is -2.15. The van der Waals surface area contributed by atoms with Crippen molar-refractivity contribution >= 4 is 45.1 Å². The van der Waals surface area contributed by atoms with E-state index >= 15 is 0 Å². The van der Waals surface area contributed by atoms with Gasteiger partial charge in [0.1, 0.15) is 0 Å². The highest BCUT2D eigenvalue weighted by molar-refractivity contribution is 7.89. The third-order valence-electron chi connectivity index (χ3n) is 4.22. The molecule has 1 aliphatic rings. The van der Waals surface area contributed by atoms with Crippen LogP contribution in [0.2, 0.25) is 10.0 Å². The average molecular weight is 410 g/mol. The van der Waals surface area contributed by atoms with Gasteiger partial charge >= 0.3 is 0 Å². The van der Waals surface area contributed by atoms with E-state index in [1.54, 1.807) is 24.3 Å². The van der Waals surface area contributed by atoms with Gasteiger partial charge in [0.2, 0.25) is 10.0 Å². The van der Waals surface area contributed by atoms with E-state index in [0.717, 1.165) is 12.8 Å². The number of benzene rings is 2. The number of carbonyl (C=O) groups excluding carboxylic acids is 1. The van der Waals surface area contributed by atoms with Crippen LogP contribution < -0.4 is 0 Å². The Balaban J connectivity index is 1.75. The van der Waals surface area contributed by atoms with Gasteiger partial charge in [0.05, 0.1) is 4.90 Å². The standard InChI is InChI=1S/C19H17Cl2NO3S/c20-16-7-3-14(18(21)13-16)6-10-19(23)15-4-8-17(9-5-15)26(24,25)22-11-1-2-12-22/h3-10,13H,1-2,11-12H2. The Bertz CT molecular complexity index is 947. The number of rotatable bonds is 5. The van der Waals surface area contributed by atoms with Gasteiger partial charge < -0.3 is 0 Å². The maximum atomic E-state index is 12.5. The first kappa shape index (κ1) is 19.1. The van der Waals surface area contributed by atoms with Gasteiger partial charge in [-0.1, -0.05) is 29.3 Å². The van der Waals surface area contributed by atoms with Crippen LogP contribution in [0.5, 0.6) is 0 Å². The molecule has 136 valence electrons. The zero-order chi connectivity index (χ0) is 18.7. The lowest BCUT2D eigenvalue weighted by atomic mass is 10.1. The number of ketones is 1. The van der Waals surface area contributed by atoms with Crippen LogP contribution in [-0.2, 0) is 10.0 Å². The van der Waals surface area contributed by atoms with Gasteiger partial charge in [-0.3, -0.25) is 4.79 Å². The van der Waals surface area contributed by atoms with E-state index in [2.05, 4.69) is 0 Å². The van der Waals surface area contributed by atoms with Crippen LogP contribution in [-0.4, -0.2) is 31.6 Å². The number of hydrogen-bond acceptors (Lipinski definition) is 3. The van der Waals surface area contributed by atoms with Crippen molar-refractivity contribution in [1.29, 1.82) is 0 Å². The topological polar surface area (TPSA) is 54.5 Å². The Morgan fingerprint density at radius 1 is 1.00 bits per heavy atom. The van der Waals surface area contributed by atoms with E-state index in [-0.39, 0.29) is 10.7 Å². The minimum absolute atomic E-state index is 0.209. The van der Waals surface area contributed by atoms with E-state index in [9.17, 15) is 13.2 Å². The molecule has 0 N–H and O–H groups in total. The van der Waals surface area contributed by atoms with Crippen LogP contribution in [0.25, 0.3) is 6.08 Å². The summed E-state index contributed by atoms with van der Waals surface area (Å²) in [5.74, 6) is -0.235. The minimum Gasteiger partial charge on any atom is -0.289 e. The summed E-state index contributed by atoms with van der Waals surface area (Å²) in [5, 5.41) is 0.974. The molecule has 0 amide bonds. The number of sulfonamides is 1. The zero-order valence-corrected chi connectivity index (χ0v) is 16.2. The molecule has 2 aromatic carbocycles. The normalized spacial score (nSPS) is 15.6. The molecule has 1 heterocycles. The predicted molar refractivity (Wildman–Crippen MR) is 104 cm³/mol. The molecular formula is C19H17Cl2NO3S. The van der Waals surface area contributed by atoms with Gasteiger partial charge in [0.15, 0.2) is 5.78 Å². The lowest BCUT2D eigenvalue weighted by molar-refractivity contribution is 0.104. The van der Waals surface area contributed by atoms with Crippen molar-refractivity contribution in [3.8, 4) is 0 Å². The smallest absolute Gasteiger partial charge is 0.243 e. The van der Waals surface area contributed by atoms with Crippen molar-refractivity contribution in [1.82, 2.24) is 4.31 Å². The second-order valence-electron chi connectivity index (χ2n) is 6.00. The molecule has 0 unspecified atom stereocenters. The number of halogens is 2. The quantitative estimate of drug-likeness (QED) is 0.532. The predicted octanol–water partition coefficient (Wildman–Crippen LogP) is 4.67. The molecule has 0 spiro atoms. The molecule has 7 heteroatoms. The summed E-state index contributed by atoms with van der Waals surface area (Å²) in [7, 11) is -3.47. The van der Waals surface area contributed by atoms with E-state index in [1.165, 1.54) is 34.6 Å². The molecule has 1 aliphatic heterocycles. The van der Waals surface area contributed by atoms with Crippen LogP contribution in [0.4, 0.5) is 0 Å². The summed E-state index contributed by atoms with van der Waals surface area (Å²) in [5.41, 5.74) is 1.09. The Labute approximate surface area is 163 Å². The minimum atomic E-state index is -3.47. The monoisotopic (exact) mass is 409 g/mol. The SMILES string of the molecule is O=C(C=Cc1ccc(Cl)cc1Cl)c1ccc(S(=O)(=O)N2CCCC2)cc1. The first-order valence-electron chi connectivity index (χ1n) is 8.15. The fourth-order valence-corrected chi connectivity index (χ4v) is 4.76. The maximum Gasteiger partial charge on any atom is 0.243 e. The number of carbonyl (C=O) groups is 1. The summed E-state index contributed by atoms with van der Waals surface area (Å²) < 4.78 is 26.5. The van der Waals surface area contributed by atoms with Crippen LogP contribution in [0, 0.1) is 0 Å². The summed E-state index contributed by atoms with van der Waals surface area (Å²) in [6, 6.07) is 11.0. The third-order valence-corrected chi connectivity index (χ3v) is 6.69. The van der Waals surface area contributed by atoms with Gasteiger partial charge in [0, 0.05) is 28.7 Å². The molecule has 0 atom stereocenters. The molecule has 1 fully saturated rings. The second kappa shape index (κ2) is 7.92. The van der Waals surface area contributed by atoms with Crippen molar-refractivity contribution in [3.05, 3.63) is 69.7 Å². The molecule has 2 aromatic rings. The van der Waals surface area contributed by atoms with Gasteiger partial charge in [-0.25, -0.2) is 8.42 Å². The van der Waals surface area contributed by atoms with Crippen LogP contribution >= 0.6 is 23.2 Å². The van der Waals surface area contributed by atoms with Crippen LogP contribution in [0.3, 0.4) is 0 Å². The van der Waals surface area contributed by atoms with Crippen molar-refractivity contribution in [2.24, 2.45) is 0 Å². The van der Waals surface area contributed by atoms with Crippen molar-refractivity contribution in [2.45, 2.75) is 17.7 Å². The van der Waals surface area contributed by atoms with Crippen LogP contribution in [0.15, 0.2) is 53.4 Å². The Morgan fingerprint density at radius 3 is 2.27 bits per heavy atom. The van der Waals surface area contributed by atoms with Crippen LogP contribution in [0.1, 0.15) is 28.8 Å². The number of nitrogens with zero attached hydrogens (tertiary/aromatic N) is 1. The summed E-state index contributed by atoms with van der Waals surface area (Å²) in [6.07, 6.45) is 4.77. The molecule has 1 saturated heterocycles. The molecule has 0 aromatic heterocycles. The lowest BCUT2D eigenvalue weighted by Crippen LogP contribution is -2.27. The third kappa shape index (κ3) is 4.18. The van der Waals surface area contributed by atoms with Gasteiger partial charge in [-0.2, -0.15) is 4.31 Å². The summed E-state index contributed by atoms with van der Waals surface area (Å²) in [6.45, 7) is 1.10. The zero-order valence-electron chi connectivity index (χ0n) is 13.9. The average Bonchev–Trinajstić information content (AvgIpc) is 3.16. The van der Waals surface area contributed by atoms with Gasteiger partial charge in [-0.05, 0) is 67.0 Å². The summed E-state index contributed by atoms with van der Waals surface area (Å²) >= 11 is 11.9. The first-order valence-corrected chi connectivity index (χ1v) is 10.4. The van der Waals surface area contributed by atoms with E-state index in [4.69, 9.17) is 23.2 Å². The molecule has 0 saturated carbocycles. The summed E-state index contributed by atoms with van der Waals surface area (Å²) in [4.78, 5) is 12.5. The van der Waals surface area contributed by atoms with Gasteiger partial charge in [-0.15, -0.1) is 0 Å². The Kier molecular flexibility index (Phi) is 5.82. The number of allylic oxidation sites excluding steroid dienone is 1. The molecular weight excluding hydrogens is 393 g/mol. The van der Waals surface area contributed by atoms with E-state index < -0.39 is 10.0 Å². The fraction of sp³-hybridized carbons (Fsp3) is 0.211. The molecule has 3 rings (SSSR count). The Hall–Kier alpha value is -1.66. The van der Waals surface area contributed by atoms with Crippen molar-refractivity contribution in [3.63, 3.8) is 0 Å². The largest absolute Gasteiger partial charge is 0.289 e. The van der Waals surface area contributed by atoms with Gasteiger partial charge in [0.25, 0.3) is 0 Å². The molecule has 0 radical (unpaired) electrons. The molecule has 0 bridgehead atoms. The Morgan fingerprint density at radius 2 is 1.65 bits per heavy atom. The maximum absolute atomic E-state index is 12.5. The molecule has 0 aliphatic carbocycles. The van der Waals surface area contributed by atoms with E-state index in [1.807, 2.05) is 0 Å². The second-order valence-corrected chi connectivity index (χ2v) is 8.78. The van der Waals surface area contributed by atoms with Crippen molar-refractivity contribution < 1.29 is 13.2 Å². The molecule has 4 nitrogen and oxygen atoms in total. The fourth-order valence-electron chi connectivity index (χ4n) is 2.77. The van der Waals surface area contributed by atoms with Crippen molar-refractivity contribution in [2.75, 3.05) is 13.1 Å². The van der Waals surface area contributed by atoms with E-state index in [0.29, 0.717) is 34.3 Å². The number of hydrogen-bond donors (Lipinski definition) is 0. The molecule has 26 heavy (non-hydrogen) atoms.